The standard InChI is InChI=1S/C76H137NO8/c1-3-5-7-9-11-13-15-17-19-21-23-25-26-27-28-29-30-31-32-33-34-35-36-37-38-39-40-41-42-43-44-46-48-50-52-54-56-58-60-62-64-66-72(80)77-69(68-84-76-75(83)74(82)73(81)71(67-78)85-76)70(79)65-63-61-59-57-55-53-51-49-47-45-24-22-20-18-16-14-12-10-8-6-4-2/h5,7,11,13,17,19,23,25,27-28,30-31,33-34,69-71,73-76,78-79,81-83H,3-4,6,8-10,12,14-16,18,20-22,24,26,29,32,35-68H2,1-2H3,(H,77,80)/b7-5-,13-11-,19-17-,25-23-,28-27-,31-30-,34-33-. The SMILES string of the molecule is CC/C=C\C/C=C\C/C=C\C/C=C\C/C=C\C/C=C\C/C=C\CCCCCCCCCCCCCCCCCCCCCC(=O)NC(COC1OC(CO)C(O)C(O)C1O)C(O)CCCCCCCCCCCCCCCCCCCCCCC. The number of rotatable bonds is 63. The van der Waals surface area contributed by atoms with Gasteiger partial charge in [0, 0.05) is 6.42 Å². The van der Waals surface area contributed by atoms with Gasteiger partial charge in [0.25, 0.3) is 0 Å². The van der Waals surface area contributed by atoms with Crippen LogP contribution >= 0.6 is 0 Å². The summed E-state index contributed by atoms with van der Waals surface area (Å²) in [5.41, 5.74) is 0. The molecule has 1 aliphatic rings. The van der Waals surface area contributed by atoms with Crippen LogP contribution in [-0.2, 0) is 14.3 Å². The average molecular weight is 1190 g/mol. The Balaban J connectivity index is 2.06. The molecule has 1 fully saturated rings. The second kappa shape index (κ2) is 64.4. The summed E-state index contributed by atoms with van der Waals surface area (Å²) >= 11 is 0. The molecule has 1 saturated heterocycles. The summed E-state index contributed by atoms with van der Waals surface area (Å²) in [6, 6.07) is -0.722. The van der Waals surface area contributed by atoms with Crippen molar-refractivity contribution < 1.29 is 39.8 Å². The average Bonchev–Trinajstić information content (AvgIpc) is 3.68. The summed E-state index contributed by atoms with van der Waals surface area (Å²) < 4.78 is 11.4. The minimum absolute atomic E-state index is 0.136. The highest BCUT2D eigenvalue weighted by atomic mass is 16.7. The molecule has 0 aromatic heterocycles. The van der Waals surface area contributed by atoms with Gasteiger partial charge in [-0.15, -0.1) is 0 Å². The predicted octanol–water partition coefficient (Wildman–Crippen LogP) is 20.1. The van der Waals surface area contributed by atoms with E-state index in [0.29, 0.717) is 12.8 Å². The Bertz CT molecular complexity index is 1620. The zero-order valence-corrected chi connectivity index (χ0v) is 55.4. The van der Waals surface area contributed by atoms with E-state index >= 15 is 0 Å². The minimum Gasteiger partial charge on any atom is -0.394 e. The molecule has 0 saturated carbocycles. The molecular weight excluding hydrogens is 1050 g/mol. The first-order chi connectivity index (χ1) is 41.8. The lowest BCUT2D eigenvalue weighted by Crippen LogP contribution is -2.60. The fourth-order valence-electron chi connectivity index (χ4n) is 11.4. The van der Waals surface area contributed by atoms with Gasteiger partial charge in [0.05, 0.1) is 25.4 Å². The number of carbonyl (C=O) groups is 1. The quantitative estimate of drug-likeness (QED) is 0.0261. The highest BCUT2D eigenvalue weighted by Gasteiger charge is 2.44. The predicted molar refractivity (Wildman–Crippen MR) is 364 cm³/mol. The fourth-order valence-corrected chi connectivity index (χ4v) is 11.4. The molecule has 0 radical (unpaired) electrons. The van der Waals surface area contributed by atoms with Crippen molar-refractivity contribution in [1.82, 2.24) is 5.32 Å². The molecule has 0 bridgehead atoms. The van der Waals surface area contributed by atoms with E-state index in [-0.39, 0.29) is 12.5 Å². The summed E-state index contributed by atoms with van der Waals surface area (Å²) in [6.45, 7) is 3.76. The lowest BCUT2D eigenvalue weighted by molar-refractivity contribution is -0.302. The van der Waals surface area contributed by atoms with E-state index in [1.807, 2.05) is 0 Å². The van der Waals surface area contributed by atoms with Crippen LogP contribution in [0.4, 0.5) is 0 Å². The molecule has 0 spiro atoms. The van der Waals surface area contributed by atoms with Gasteiger partial charge >= 0.3 is 0 Å². The smallest absolute Gasteiger partial charge is 0.220 e. The van der Waals surface area contributed by atoms with Crippen LogP contribution in [-0.4, -0.2) is 87.5 Å². The third-order valence-electron chi connectivity index (χ3n) is 17.0. The van der Waals surface area contributed by atoms with Gasteiger partial charge in [0.2, 0.25) is 5.91 Å². The second-order valence-corrected chi connectivity index (χ2v) is 25.0. The summed E-state index contributed by atoms with van der Waals surface area (Å²) in [7, 11) is 0. The molecule has 7 unspecified atom stereocenters. The summed E-state index contributed by atoms with van der Waals surface area (Å²) in [6.07, 6.45) is 85.1. The first-order valence-electron chi connectivity index (χ1n) is 36.3. The molecule has 1 rings (SSSR count). The van der Waals surface area contributed by atoms with Crippen molar-refractivity contribution in [3.8, 4) is 0 Å². The van der Waals surface area contributed by atoms with Crippen molar-refractivity contribution in [2.24, 2.45) is 0 Å². The van der Waals surface area contributed by atoms with Gasteiger partial charge in [-0.3, -0.25) is 4.79 Å². The maximum atomic E-state index is 13.2. The van der Waals surface area contributed by atoms with Crippen LogP contribution in [0.3, 0.4) is 0 Å². The molecule has 1 heterocycles. The number of hydrogen-bond donors (Lipinski definition) is 6. The molecule has 9 nitrogen and oxygen atoms in total. The lowest BCUT2D eigenvalue weighted by Gasteiger charge is -2.40. The largest absolute Gasteiger partial charge is 0.394 e. The van der Waals surface area contributed by atoms with Crippen LogP contribution in [0.25, 0.3) is 0 Å². The highest BCUT2D eigenvalue weighted by Crippen LogP contribution is 2.24. The summed E-state index contributed by atoms with van der Waals surface area (Å²) in [5, 5.41) is 54.9. The van der Waals surface area contributed by atoms with Crippen molar-refractivity contribution in [3.05, 3.63) is 85.1 Å². The Morgan fingerprint density at radius 2 is 0.729 bits per heavy atom. The Morgan fingerprint density at radius 1 is 0.412 bits per heavy atom. The van der Waals surface area contributed by atoms with E-state index in [9.17, 15) is 30.3 Å². The van der Waals surface area contributed by atoms with Gasteiger partial charge in [-0.1, -0.05) is 343 Å². The molecule has 494 valence electrons. The lowest BCUT2D eigenvalue weighted by atomic mass is 9.99. The second-order valence-electron chi connectivity index (χ2n) is 25.0. The Hall–Kier alpha value is -2.63. The molecular formula is C76H137NO8. The van der Waals surface area contributed by atoms with E-state index in [1.165, 1.54) is 225 Å². The maximum Gasteiger partial charge on any atom is 0.220 e. The number of aliphatic hydroxyl groups excluding tert-OH is 5. The van der Waals surface area contributed by atoms with Crippen LogP contribution < -0.4 is 5.32 Å². The number of allylic oxidation sites excluding steroid dienone is 14. The number of unbranched alkanes of at least 4 members (excludes halogenated alkanes) is 39. The van der Waals surface area contributed by atoms with Crippen molar-refractivity contribution >= 4 is 5.91 Å². The van der Waals surface area contributed by atoms with Crippen LogP contribution in [0.1, 0.15) is 335 Å². The van der Waals surface area contributed by atoms with Gasteiger partial charge in [0.1, 0.15) is 24.4 Å². The fraction of sp³-hybridized carbons (Fsp3) is 0.803. The molecule has 0 aromatic rings. The monoisotopic (exact) mass is 1190 g/mol. The summed E-state index contributed by atoms with van der Waals surface area (Å²) in [4.78, 5) is 13.2. The number of hydrogen-bond acceptors (Lipinski definition) is 8. The van der Waals surface area contributed by atoms with Gasteiger partial charge in [-0.25, -0.2) is 0 Å². The molecule has 7 atom stereocenters. The topological polar surface area (TPSA) is 149 Å². The summed E-state index contributed by atoms with van der Waals surface area (Å²) in [5.74, 6) is -0.140. The van der Waals surface area contributed by atoms with Crippen LogP contribution in [0.5, 0.6) is 0 Å². The highest BCUT2D eigenvalue weighted by molar-refractivity contribution is 5.76. The molecule has 1 amide bonds. The molecule has 1 aliphatic heterocycles. The number of nitrogens with one attached hydrogen (secondary N) is 1. The van der Waals surface area contributed by atoms with Gasteiger partial charge < -0.3 is 40.3 Å². The Labute approximate surface area is 524 Å². The van der Waals surface area contributed by atoms with Crippen molar-refractivity contribution in [2.75, 3.05) is 13.2 Å². The molecule has 6 N–H and O–H groups in total. The molecule has 0 aromatic carbocycles. The van der Waals surface area contributed by atoms with Crippen molar-refractivity contribution in [1.29, 1.82) is 0 Å². The number of ether oxygens (including phenoxy) is 2. The van der Waals surface area contributed by atoms with E-state index in [0.717, 1.165) is 83.5 Å². The zero-order valence-electron chi connectivity index (χ0n) is 55.4. The van der Waals surface area contributed by atoms with E-state index in [1.54, 1.807) is 0 Å². The number of amides is 1. The van der Waals surface area contributed by atoms with Gasteiger partial charge in [-0.05, 0) is 70.6 Å². The third kappa shape index (κ3) is 53.0. The normalized spacial score (nSPS) is 18.6. The van der Waals surface area contributed by atoms with Crippen LogP contribution in [0, 0.1) is 0 Å². The molecule has 0 aliphatic carbocycles. The zero-order chi connectivity index (χ0) is 61.4. The minimum atomic E-state index is -1.56. The van der Waals surface area contributed by atoms with E-state index in [2.05, 4.69) is 104 Å². The first kappa shape index (κ1) is 80.4. The van der Waals surface area contributed by atoms with Crippen molar-refractivity contribution in [3.63, 3.8) is 0 Å². The first-order valence-corrected chi connectivity index (χ1v) is 36.3. The van der Waals surface area contributed by atoms with Crippen molar-refractivity contribution in [2.45, 2.75) is 378 Å². The van der Waals surface area contributed by atoms with E-state index < -0.39 is 49.5 Å². The number of aliphatic hydroxyl groups is 5. The van der Waals surface area contributed by atoms with Crippen LogP contribution in [0.2, 0.25) is 0 Å². The Morgan fingerprint density at radius 3 is 1.08 bits per heavy atom. The number of carbonyl (C=O) groups excluding carboxylic acids is 1. The molecule has 85 heavy (non-hydrogen) atoms. The Kier molecular flexibility index (Phi) is 60.9. The van der Waals surface area contributed by atoms with Crippen LogP contribution in [0.15, 0.2) is 85.1 Å². The van der Waals surface area contributed by atoms with Gasteiger partial charge in [-0.2, -0.15) is 0 Å². The van der Waals surface area contributed by atoms with Gasteiger partial charge in [0.15, 0.2) is 6.29 Å². The third-order valence-corrected chi connectivity index (χ3v) is 17.0. The van der Waals surface area contributed by atoms with E-state index in [4.69, 9.17) is 9.47 Å². The molecule has 9 heteroatoms. The maximum absolute atomic E-state index is 13.2.